The number of nitrogens with one attached hydrogen (secondary N) is 1. The van der Waals surface area contributed by atoms with Gasteiger partial charge in [-0.25, -0.2) is 8.78 Å². The third-order valence-corrected chi connectivity index (χ3v) is 5.21. The van der Waals surface area contributed by atoms with Crippen LogP contribution < -0.4 is 10.1 Å². The monoisotopic (exact) mass is 385 g/mol. The van der Waals surface area contributed by atoms with Gasteiger partial charge < -0.3 is 10.1 Å². The summed E-state index contributed by atoms with van der Waals surface area (Å²) >= 11 is 0. The van der Waals surface area contributed by atoms with E-state index in [2.05, 4.69) is 10.4 Å². The van der Waals surface area contributed by atoms with E-state index in [0.29, 0.717) is 17.5 Å². The molecule has 3 aromatic rings. The number of fused-ring (bicyclic) bond motifs is 1. The molecule has 1 heterocycles. The average molecular weight is 385 g/mol. The maximum absolute atomic E-state index is 13.9. The number of anilines is 1. The zero-order valence-electron chi connectivity index (χ0n) is 15.5. The molecule has 1 aromatic heterocycles. The fourth-order valence-electron chi connectivity index (χ4n) is 3.73. The van der Waals surface area contributed by atoms with Crippen molar-refractivity contribution in [1.29, 1.82) is 0 Å². The predicted molar refractivity (Wildman–Crippen MR) is 103 cm³/mol. The summed E-state index contributed by atoms with van der Waals surface area (Å²) in [7, 11) is 1.48. The summed E-state index contributed by atoms with van der Waals surface area (Å²) < 4.78 is 34.6. The molecule has 0 radical (unpaired) electrons. The van der Waals surface area contributed by atoms with E-state index in [0.717, 1.165) is 41.9 Å². The Kier molecular flexibility index (Phi) is 4.98. The van der Waals surface area contributed by atoms with Gasteiger partial charge in [0.05, 0.1) is 29.9 Å². The summed E-state index contributed by atoms with van der Waals surface area (Å²) in [5.41, 5.74) is 0.782. The molecule has 0 saturated heterocycles. The molecule has 1 aliphatic rings. The first-order valence-corrected chi connectivity index (χ1v) is 9.38. The SMILES string of the molecule is COc1cc2nn(C3CCCCC3)cc2cc1NC(=O)c1cc(F)ccc1F. The Morgan fingerprint density at radius 2 is 1.96 bits per heavy atom. The zero-order valence-corrected chi connectivity index (χ0v) is 15.5. The lowest BCUT2D eigenvalue weighted by Crippen LogP contribution is -2.14. The molecule has 4 rings (SSSR count). The van der Waals surface area contributed by atoms with Gasteiger partial charge in [0, 0.05) is 17.6 Å². The first-order valence-electron chi connectivity index (χ1n) is 9.38. The molecule has 1 fully saturated rings. The second kappa shape index (κ2) is 7.58. The molecule has 0 unspecified atom stereocenters. The highest BCUT2D eigenvalue weighted by Gasteiger charge is 2.19. The third kappa shape index (κ3) is 3.56. The number of methoxy groups -OCH3 is 1. The molecule has 0 aliphatic heterocycles. The van der Waals surface area contributed by atoms with Gasteiger partial charge in [-0.1, -0.05) is 19.3 Å². The quantitative estimate of drug-likeness (QED) is 0.681. The Hall–Kier alpha value is -2.96. The Labute approximate surface area is 161 Å². The van der Waals surface area contributed by atoms with Crippen LogP contribution in [0.5, 0.6) is 5.75 Å². The normalized spacial score (nSPS) is 15.0. The van der Waals surface area contributed by atoms with Crippen LogP contribution >= 0.6 is 0 Å². The lowest BCUT2D eigenvalue weighted by molar-refractivity contribution is 0.102. The maximum atomic E-state index is 13.9. The van der Waals surface area contributed by atoms with E-state index >= 15 is 0 Å². The van der Waals surface area contributed by atoms with Crippen LogP contribution in [0.15, 0.2) is 36.5 Å². The van der Waals surface area contributed by atoms with Gasteiger partial charge in [-0.2, -0.15) is 5.10 Å². The molecule has 28 heavy (non-hydrogen) atoms. The molecule has 0 spiro atoms. The van der Waals surface area contributed by atoms with Crippen molar-refractivity contribution in [3.63, 3.8) is 0 Å². The fraction of sp³-hybridized carbons (Fsp3) is 0.333. The van der Waals surface area contributed by atoms with E-state index in [-0.39, 0.29) is 5.56 Å². The summed E-state index contributed by atoms with van der Waals surface area (Å²) in [6.45, 7) is 0. The Morgan fingerprint density at radius 1 is 1.18 bits per heavy atom. The smallest absolute Gasteiger partial charge is 0.258 e. The molecule has 7 heteroatoms. The second-order valence-electron chi connectivity index (χ2n) is 7.09. The number of hydrogen-bond acceptors (Lipinski definition) is 3. The molecule has 5 nitrogen and oxygen atoms in total. The summed E-state index contributed by atoms with van der Waals surface area (Å²) in [5, 5.41) is 8.13. The van der Waals surface area contributed by atoms with Crippen LogP contribution in [-0.4, -0.2) is 22.8 Å². The van der Waals surface area contributed by atoms with Gasteiger partial charge in [0.1, 0.15) is 17.4 Å². The topological polar surface area (TPSA) is 56.1 Å². The molecular weight excluding hydrogens is 364 g/mol. The lowest BCUT2D eigenvalue weighted by atomic mass is 9.96. The number of hydrogen-bond donors (Lipinski definition) is 1. The van der Waals surface area contributed by atoms with E-state index in [1.54, 1.807) is 12.1 Å². The van der Waals surface area contributed by atoms with Crippen molar-refractivity contribution < 1.29 is 18.3 Å². The fourth-order valence-corrected chi connectivity index (χ4v) is 3.73. The number of carbonyl (C=O) groups is 1. The minimum atomic E-state index is -0.788. The van der Waals surface area contributed by atoms with Gasteiger partial charge in [0.25, 0.3) is 5.91 Å². The van der Waals surface area contributed by atoms with Gasteiger partial charge in [-0.15, -0.1) is 0 Å². The van der Waals surface area contributed by atoms with Crippen molar-refractivity contribution in [2.45, 2.75) is 38.1 Å². The van der Waals surface area contributed by atoms with Crippen molar-refractivity contribution in [3.8, 4) is 5.75 Å². The molecule has 0 bridgehead atoms. The maximum Gasteiger partial charge on any atom is 0.258 e. The van der Waals surface area contributed by atoms with Crippen LogP contribution in [0.1, 0.15) is 48.5 Å². The first kappa shape index (κ1) is 18.4. The van der Waals surface area contributed by atoms with E-state index in [4.69, 9.17) is 4.74 Å². The summed E-state index contributed by atoms with van der Waals surface area (Å²) in [5.74, 6) is -1.80. The van der Waals surface area contributed by atoms with Crippen molar-refractivity contribution in [2.75, 3.05) is 12.4 Å². The highest BCUT2D eigenvalue weighted by Crippen LogP contribution is 2.33. The number of rotatable bonds is 4. The third-order valence-electron chi connectivity index (χ3n) is 5.21. The van der Waals surface area contributed by atoms with Crippen LogP contribution in [0.25, 0.3) is 10.9 Å². The van der Waals surface area contributed by atoms with E-state index in [9.17, 15) is 13.6 Å². The molecular formula is C21H21F2N3O2. The van der Waals surface area contributed by atoms with Crippen LogP contribution in [0.3, 0.4) is 0 Å². The number of halogens is 2. The Balaban J connectivity index is 1.66. The standard InChI is InChI=1S/C21H21F2N3O2/c1-28-20-11-18-13(12-26(25-18)15-5-3-2-4-6-15)9-19(20)24-21(27)16-10-14(22)7-8-17(16)23/h7-12,15H,2-6H2,1H3,(H,24,27). The first-order chi connectivity index (χ1) is 13.5. The van der Waals surface area contributed by atoms with E-state index in [1.807, 2.05) is 10.9 Å². The Bertz CT molecular complexity index is 1030. The summed E-state index contributed by atoms with van der Waals surface area (Å²) in [6, 6.07) is 6.64. The van der Waals surface area contributed by atoms with Crippen LogP contribution in [-0.2, 0) is 0 Å². The minimum absolute atomic E-state index is 0.361. The van der Waals surface area contributed by atoms with Gasteiger partial charge in [-0.3, -0.25) is 9.48 Å². The highest BCUT2D eigenvalue weighted by atomic mass is 19.1. The molecule has 1 saturated carbocycles. The molecule has 1 amide bonds. The molecule has 1 aliphatic carbocycles. The molecule has 1 N–H and O–H groups in total. The van der Waals surface area contributed by atoms with Gasteiger partial charge >= 0.3 is 0 Å². The summed E-state index contributed by atoms with van der Waals surface area (Å²) in [6.07, 6.45) is 7.83. The number of aromatic nitrogens is 2. The molecule has 0 atom stereocenters. The van der Waals surface area contributed by atoms with Crippen LogP contribution in [0.2, 0.25) is 0 Å². The van der Waals surface area contributed by atoms with Crippen LogP contribution in [0, 0.1) is 11.6 Å². The van der Waals surface area contributed by atoms with E-state index < -0.39 is 17.5 Å². The van der Waals surface area contributed by atoms with Crippen molar-refractivity contribution >= 4 is 22.5 Å². The number of nitrogens with zero attached hydrogens (tertiary/aromatic N) is 2. The predicted octanol–water partition coefficient (Wildman–Crippen LogP) is 5.08. The summed E-state index contributed by atoms with van der Waals surface area (Å²) in [4.78, 5) is 12.4. The van der Waals surface area contributed by atoms with Crippen LogP contribution in [0.4, 0.5) is 14.5 Å². The van der Waals surface area contributed by atoms with Crippen molar-refractivity contribution in [2.24, 2.45) is 0 Å². The molecule has 146 valence electrons. The minimum Gasteiger partial charge on any atom is -0.494 e. The number of amides is 1. The second-order valence-corrected chi connectivity index (χ2v) is 7.09. The van der Waals surface area contributed by atoms with Gasteiger partial charge in [-0.05, 0) is 37.1 Å². The highest BCUT2D eigenvalue weighted by molar-refractivity contribution is 6.06. The lowest BCUT2D eigenvalue weighted by Gasteiger charge is -2.21. The Morgan fingerprint density at radius 3 is 2.71 bits per heavy atom. The van der Waals surface area contributed by atoms with Gasteiger partial charge in [0.2, 0.25) is 0 Å². The average Bonchev–Trinajstić information content (AvgIpc) is 3.12. The van der Waals surface area contributed by atoms with Crippen molar-refractivity contribution in [3.05, 3.63) is 53.7 Å². The van der Waals surface area contributed by atoms with Crippen molar-refractivity contribution in [1.82, 2.24) is 9.78 Å². The number of carbonyl (C=O) groups excluding carboxylic acids is 1. The van der Waals surface area contributed by atoms with Gasteiger partial charge in [0.15, 0.2) is 0 Å². The number of benzene rings is 2. The number of ether oxygens (including phenoxy) is 1. The molecule has 2 aromatic carbocycles. The zero-order chi connectivity index (χ0) is 19.7. The van der Waals surface area contributed by atoms with E-state index in [1.165, 1.54) is 26.4 Å². The largest absolute Gasteiger partial charge is 0.494 e.